The molecule has 0 saturated heterocycles. The van der Waals surface area contributed by atoms with Crippen LogP contribution < -0.4 is 25.9 Å². The molecule has 0 radical (unpaired) electrons. The van der Waals surface area contributed by atoms with Gasteiger partial charge in [0.15, 0.2) is 11.5 Å². The van der Waals surface area contributed by atoms with Crippen LogP contribution in [0.4, 0.5) is 5.69 Å². The zero-order chi connectivity index (χ0) is 18.3. The summed E-state index contributed by atoms with van der Waals surface area (Å²) in [5.74, 6) is 0.849. The number of benzene rings is 2. The Hall–Kier alpha value is -3.55. The van der Waals surface area contributed by atoms with Crippen molar-refractivity contribution < 1.29 is 14.3 Å². The molecule has 0 unspecified atom stereocenters. The third kappa shape index (κ3) is 2.61. The Bertz CT molecular complexity index is 1150. The highest BCUT2D eigenvalue weighted by atomic mass is 16.7. The van der Waals surface area contributed by atoms with E-state index in [2.05, 4.69) is 10.3 Å². The van der Waals surface area contributed by atoms with Crippen LogP contribution in [0, 0.1) is 0 Å². The standard InChI is InChI=1S/C18H15N3O5/c1-2-21-13-5-3-10(7-12(13)20-17(23)18(21)24)16(22)19-11-4-6-14-15(8-11)26-9-25-14/h3-8H,2,9H2,1H3,(H,19,22)(H,20,23). The fraction of sp³-hybridized carbons (Fsp3) is 0.167. The van der Waals surface area contributed by atoms with Gasteiger partial charge in [-0.1, -0.05) is 0 Å². The largest absolute Gasteiger partial charge is 0.454 e. The van der Waals surface area contributed by atoms with Crippen molar-refractivity contribution >= 4 is 22.6 Å². The Morgan fingerprint density at radius 2 is 1.96 bits per heavy atom. The van der Waals surface area contributed by atoms with Gasteiger partial charge in [-0.3, -0.25) is 14.4 Å². The first-order valence-electron chi connectivity index (χ1n) is 8.04. The van der Waals surface area contributed by atoms with Crippen LogP contribution in [-0.2, 0) is 6.54 Å². The monoisotopic (exact) mass is 353 g/mol. The lowest BCUT2D eigenvalue weighted by atomic mass is 10.1. The van der Waals surface area contributed by atoms with E-state index in [0.717, 1.165) is 0 Å². The number of aromatic nitrogens is 2. The molecule has 0 fully saturated rings. The topological polar surface area (TPSA) is 102 Å². The Morgan fingerprint density at radius 1 is 1.15 bits per heavy atom. The molecule has 3 aromatic rings. The van der Waals surface area contributed by atoms with E-state index >= 15 is 0 Å². The first-order chi connectivity index (χ1) is 12.6. The van der Waals surface area contributed by atoms with Gasteiger partial charge in [0, 0.05) is 23.9 Å². The van der Waals surface area contributed by atoms with Gasteiger partial charge in [-0.2, -0.15) is 0 Å². The quantitative estimate of drug-likeness (QED) is 0.698. The van der Waals surface area contributed by atoms with Gasteiger partial charge in [-0.25, -0.2) is 0 Å². The van der Waals surface area contributed by atoms with Crippen molar-refractivity contribution in [1.29, 1.82) is 0 Å². The molecule has 0 aliphatic carbocycles. The van der Waals surface area contributed by atoms with E-state index in [1.54, 1.807) is 43.3 Å². The number of H-pyrrole nitrogens is 1. The molecule has 1 aliphatic heterocycles. The predicted octanol–water partition coefficient (Wildman–Crippen LogP) is 1.69. The Morgan fingerprint density at radius 3 is 2.77 bits per heavy atom. The van der Waals surface area contributed by atoms with Crippen molar-refractivity contribution in [1.82, 2.24) is 9.55 Å². The third-order valence-corrected chi connectivity index (χ3v) is 4.18. The highest BCUT2D eigenvalue weighted by Crippen LogP contribution is 2.34. The molecule has 26 heavy (non-hydrogen) atoms. The number of fused-ring (bicyclic) bond motifs is 2. The van der Waals surface area contributed by atoms with Crippen LogP contribution in [0.5, 0.6) is 11.5 Å². The summed E-state index contributed by atoms with van der Waals surface area (Å²) in [5.41, 5.74) is 0.579. The fourth-order valence-electron chi connectivity index (χ4n) is 2.91. The zero-order valence-corrected chi connectivity index (χ0v) is 13.9. The number of aromatic amines is 1. The Labute approximate surface area is 147 Å². The number of hydrogen-bond donors (Lipinski definition) is 2. The summed E-state index contributed by atoms with van der Waals surface area (Å²) in [6, 6.07) is 9.90. The van der Waals surface area contributed by atoms with Crippen molar-refractivity contribution in [3.63, 3.8) is 0 Å². The molecule has 0 atom stereocenters. The molecular weight excluding hydrogens is 338 g/mol. The maximum atomic E-state index is 12.5. The van der Waals surface area contributed by atoms with E-state index in [-0.39, 0.29) is 12.7 Å². The number of ether oxygens (including phenoxy) is 2. The maximum Gasteiger partial charge on any atom is 0.316 e. The van der Waals surface area contributed by atoms with Gasteiger partial charge in [0.05, 0.1) is 11.0 Å². The number of aryl methyl sites for hydroxylation is 1. The lowest BCUT2D eigenvalue weighted by molar-refractivity contribution is 0.102. The van der Waals surface area contributed by atoms with E-state index in [4.69, 9.17) is 9.47 Å². The van der Waals surface area contributed by atoms with Crippen molar-refractivity contribution in [2.45, 2.75) is 13.5 Å². The molecule has 4 rings (SSSR count). The molecule has 132 valence electrons. The summed E-state index contributed by atoms with van der Waals surface area (Å²) in [7, 11) is 0. The van der Waals surface area contributed by atoms with Gasteiger partial charge in [-0.05, 0) is 37.3 Å². The second kappa shape index (κ2) is 6.07. The second-order valence-electron chi connectivity index (χ2n) is 5.76. The molecule has 0 spiro atoms. The van der Waals surface area contributed by atoms with E-state index in [9.17, 15) is 14.4 Å². The summed E-state index contributed by atoms with van der Waals surface area (Å²) in [6.45, 7) is 2.30. The molecule has 1 aliphatic rings. The average molecular weight is 353 g/mol. The van der Waals surface area contributed by atoms with Crippen LogP contribution in [0.25, 0.3) is 11.0 Å². The van der Waals surface area contributed by atoms with Gasteiger partial charge >= 0.3 is 11.1 Å². The van der Waals surface area contributed by atoms with Crippen LogP contribution in [0.2, 0.25) is 0 Å². The van der Waals surface area contributed by atoms with E-state index in [1.165, 1.54) is 4.57 Å². The van der Waals surface area contributed by atoms with Gasteiger partial charge in [0.25, 0.3) is 5.91 Å². The average Bonchev–Trinajstić information content (AvgIpc) is 3.10. The first-order valence-corrected chi connectivity index (χ1v) is 8.04. The molecule has 0 bridgehead atoms. The molecule has 1 amide bonds. The van der Waals surface area contributed by atoms with E-state index in [1.807, 2.05) is 0 Å². The number of anilines is 1. The van der Waals surface area contributed by atoms with Crippen LogP contribution >= 0.6 is 0 Å². The number of rotatable bonds is 3. The highest BCUT2D eigenvalue weighted by Gasteiger charge is 2.15. The van der Waals surface area contributed by atoms with Crippen LogP contribution in [0.15, 0.2) is 46.0 Å². The highest BCUT2D eigenvalue weighted by molar-refractivity contribution is 6.06. The van der Waals surface area contributed by atoms with Crippen molar-refractivity contribution in [3.05, 3.63) is 62.7 Å². The lowest BCUT2D eigenvalue weighted by Gasteiger charge is -2.09. The smallest absolute Gasteiger partial charge is 0.316 e. The number of carbonyl (C=O) groups excluding carboxylic acids is 1. The molecule has 8 heteroatoms. The summed E-state index contributed by atoms with van der Waals surface area (Å²) >= 11 is 0. The maximum absolute atomic E-state index is 12.5. The minimum absolute atomic E-state index is 0.157. The molecule has 0 saturated carbocycles. The molecule has 1 aromatic heterocycles. The normalized spacial score (nSPS) is 12.3. The van der Waals surface area contributed by atoms with Crippen LogP contribution in [0.3, 0.4) is 0 Å². The Balaban J connectivity index is 1.68. The van der Waals surface area contributed by atoms with Gasteiger partial charge < -0.3 is 24.3 Å². The Kier molecular flexibility index (Phi) is 3.72. The summed E-state index contributed by atoms with van der Waals surface area (Å²) in [6.07, 6.45) is 0. The summed E-state index contributed by atoms with van der Waals surface area (Å²) < 4.78 is 11.9. The van der Waals surface area contributed by atoms with Gasteiger partial charge in [0.1, 0.15) is 0 Å². The zero-order valence-electron chi connectivity index (χ0n) is 13.9. The minimum Gasteiger partial charge on any atom is -0.454 e. The number of nitrogens with zero attached hydrogens (tertiary/aromatic N) is 1. The summed E-state index contributed by atoms with van der Waals surface area (Å²) in [4.78, 5) is 38.7. The predicted molar refractivity (Wildman–Crippen MR) is 95.0 cm³/mol. The second-order valence-corrected chi connectivity index (χ2v) is 5.76. The number of hydrogen-bond acceptors (Lipinski definition) is 5. The van der Waals surface area contributed by atoms with Crippen molar-refractivity contribution in [3.8, 4) is 11.5 Å². The molecular formula is C18H15N3O5. The van der Waals surface area contributed by atoms with Crippen molar-refractivity contribution in [2.75, 3.05) is 12.1 Å². The van der Waals surface area contributed by atoms with Gasteiger partial charge in [-0.15, -0.1) is 0 Å². The molecule has 8 nitrogen and oxygen atoms in total. The van der Waals surface area contributed by atoms with Crippen molar-refractivity contribution in [2.24, 2.45) is 0 Å². The number of amides is 1. The number of carbonyl (C=O) groups is 1. The third-order valence-electron chi connectivity index (χ3n) is 4.18. The first kappa shape index (κ1) is 15.9. The number of nitrogens with one attached hydrogen (secondary N) is 2. The lowest BCUT2D eigenvalue weighted by Crippen LogP contribution is -2.36. The molecule has 2 aromatic carbocycles. The SMILES string of the molecule is CCn1c(=O)c(=O)[nH]c2cc(C(=O)Nc3ccc4c(c3)OCO4)ccc21. The molecule has 2 heterocycles. The minimum atomic E-state index is -0.715. The van der Waals surface area contributed by atoms with E-state index < -0.39 is 11.1 Å². The van der Waals surface area contributed by atoms with Crippen LogP contribution in [0.1, 0.15) is 17.3 Å². The van der Waals surface area contributed by atoms with Gasteiger partial charge in [0.2, 0.25) is 6.79 Å². The summed E-state index contributed by atoms with van der Waals surface area (Å²) in [5, 5.41) is 2.77. The molecule has 2 N–H and O–H groups in total. The fourth-order valence-corrected chi connectivity index (χ4v) is 2.91. The van der Waals surface area contributed by atoms with Crippen LogP contribution in [-0.4, -0.2) is 22.3 Å². The van der Waals surface area contributed by atoms with E-state index in [0.29, 0.717) is 40.3 Å².